The van der Waals surface area contributed by atoms with E-state index in [9.17, 15) is 19.5 Å². The van der Waals surface area contributed by atoms with Gasteiger partial charge in [-0.05, 0) is 24.3 Å². The minimum atomic E-state index is -0.954. The molecule has 3 N–H and O–H groups in total. The van der Waals surface area contributed by atoms with Gasteiger partial charge in [-0.2, -0.15) is 0 Å². The highest BCUT2D eigenvalue weighted by Crippen LogP contribution is 2.17. The molecule has 9 heteroatoms. The summed E-state index contributed by atoms with van der Waals surface area (Å²) >= 11 is 0. The van der Waals surface area contributed by atoms with E-state index in [1.807, 2.05) is 4.98 Å². The molecule has 9 nitrogen and oxygen atoms in total. The van der Waals surface area contributed by atoms with Gasteiger partial charge in [-0.15, -0.1) is 0 Å². The average molecular weight is 349 g/mol. The van der Waals surface area contributed by atoms with Crippen LogP contribution >= 0.6 is 0 Å². The molecule has 1 aromatic carbocycles. The second-order valence-corrected chi connectivity index (χ2v) is 5.33. The third-order valence-corrected chi connectivity index (χ3v) is 3.32. The lowest BCUT2D eigenvalue weighted by molar-refractivity contribution is 0.0558. The Morgan fingerprint density at radius 2 is 1.84 bits per heavy atom. The summed E-state index contributed by atoms with van der Waals surface area (Å²) in [6.45, 7) is -0.0698. The Morgan fingerprint density at radius 3 is 2.44 bits per heavy atom. The van der Waals surface area contributed by atoms with Crippen molar-refractivity contribution >= 4 is 5.91 Å². The molecule has 0 aliphatic rings. The average Bonchev–Trinajstić information content (AvgIpc) is 2.58. The Hall–Kier alpha value is -3.07. The maximum Gasteiger partial charge on any atom is 0.326 e. The predicted octanol–water partition coefficient (Wildman–Crippen LogP) is -0.416. The Labute approximate surface area is 142 Å². The zero-order valence-corrected chi connectivity index (χ0v) is 13.8. The molecule has 0 bridgehead atoms. The number of nitrogens with zero attached hydrogens (tertiary/aromatic N) is 1. The SMILES string of the molecule is COc1ccc(OC[C@H](O)CN(C)C(=O)c2cc(=O)[nH]c(=O)[nH]2)cc1. The summed E-state index contributed by atoms with van der Waals surface area (Å²) in [4.78, 5) is 40.0. The molecule has 1 aromatic heterocycles. The number of methoxy groups -OCH3 is 1. The number of aromatic nitrogens is 2. The van der Waals surface area contributed by atoms with Crippen molar-refractivity contribution in [3.8, 4) is 11.5 Å². The van der Waals surface area contributed by atoms with E-state index in [-0.39, 0.29) is 18.8 Å². The third kappa shape index (κ3) is 5.21. The first-order valence-corrected chi connectivity index (χ1v) is 7.43. The highest BCUT2D eigenvalue weighted by Gasteiger charge is 2.17. The van der Waals surface area contributed by atoms with E-state index >= 15 is 0 Å². The molecule has 0 radical (unpaired) electrons. The molecular weight excluding hydrogens is 330 g/mol. The number of carbonyl (C=O) groups is 1. The highest BCUT2D eigenvalue weighted by molar-refractivity contribution is 5.91. The van der Waals surface area contributed by atoms with Crippen LogP contribution in [0.1, 0.15) is 10.5 Å². The number of ether oxygens (including phenoxy) is 2. The number of carbonyl (C=O) groups excluding carboxylic acids is 1. The molecule has 0 fully saturated rings. The molecule has 134 valence electrons. The van der Waals surface area contributed by atoms with E-state index in [1.165, 1.54) is 11.9 Å². The monoisotopic (exact) mass is 349 g/mol. The lowest BCUT2D eigenvalue weighted by Crippen LogP contribution is -2.38. The summed E-state index contributed by atoms with van der Waals surface area (Å²) in [5.41, 5.74) is -1.60. The zero-order chi connectivity index (χ0) is 18.4. The molecule has 0 aliphatic carbocycles. The van der Waals surface area contributed by atoms with Crippen molar-refractivity contribution in [2.75, 3.05) is 27.3 Å². The van der Waals surface area contributed by atoms with Gasteiger partial charge in [0, 0.05) is 19.7 Å². The molecule has 1 heterocycles. The molecule has 1 amide bonds. The van der Waals surface area contributed by atoms with E-state index in [4.69, 9.17) is 9.47 Å². The van der Waals surface area contributed by atoms with Crippen molar-refractivity contribution in [3.63, 3.8) is 0 Å². The number of nitrogens with one attached hydrogen (secondary N) is 2. The first-order valence-electron chi connectivity index (χ1n) is 7.43. The van der Waals surface area contributed by atoms with Crippen LogP contribution in [0.25, 0.3) is 0 Å². The number of likely N-dealkylation sites (N-methyl/N-ethyl adjacent to an activating group) is 1. The van der Waals surface area contributed by atoms with Crippen LogP contribution in [0, 0.1) is 0 Å². The van der Waals surface area contributed by atoms with Crippen LogP contribution < -0.4 is 20.7 Å². The number of amides is 1. The van der Waals surface area contributed by atoms with E-state index in [0.29, 0.717) is 11.5 Å². The van der Waals surface area contributed by atoms with E-state index in [0.717, 1.165) is 6.07 Å². The molecule has 1 atom stereocenters. The van der Waals surface area contributed by atoms with Crippen LogP contribution in [0.4, 0.5) is 0 Å². The van der Waals surface area contributed by atoms with Gasteiger partial charge in [0.25, 0.3) is 11.5 Å². The van der Waals surface area contributed by atoms with Gasteiger partial charge in [-0.3, -0.25) is 14.6 Å². The maximum absolute atomic E-state index is 12.2. The van der Waals surface area contributed by atoms with Gasteiger partial charge in [0.2, 0.25) is 0 Å². The van der Waals surface area contributed by atoms with E-state index in [2.05, 4.69) is 4.98 Å². The Kier molecular flexibility index (Phi) is 5.96. The standard InChI is InChI=1S/C16H19N3O6/c1-19(15(22)13-7-14(21)18-16(23)17-13)8-10(20)9-25-12-5-3-11(24-2)4-6-12/h3-7,10,20H,8-9H2,1-2H3,(H2,17,18,21,23)/t10-/m1/s1. The number of rotatable bonds is 7. The molecule has 0 spiro atoms. The molecule has 0 aliphatic heterocycles. The van der Waals surface area contributed by atoms with Gasteiger partial charge in [0.15, 0.2) is 0 Å². The second kappa shape index (κ2) is 8.15. The summed E-state index contributed by atoms with van der Waals surface area (Å²) in [7, 11) is 3.00. The second-order valence-electron chi connectivity index (χ2n) is 5.33. The van der Waals surface area contributed by atoms with Crippen molar-refractivity contribution in [2.45, 2.75) is 6.10 Å². The summed E-state index contributed by atoms with van der Waals surface area (Å²) in [6, 6.07) is 7.82. The number of hydrogen-bond donors (Lipinski definition) is 3. The normalized spacial score (nSPS) is 11.6. The fraction of sp³-hybridized carbons (Fsp3) is 0.312. The van der Waals surface area contributed by atoms with Crippen LogP contribution in [0.3, 0.4) is 0 Å². The Balaban J connectivity index is 1.90. The van der Waals surface area contributed by atoms with Crippen molar-refractivity contribution in [2.24, 2.45) is 0 Å². The van der Waals surface area contributed by atoms with Crippen LogP contribution in [0.5, 0.6) is 11.5 Å². The van der Waals surface area contributed by atoms with Gasteiger partial charge in [-0.1, -0.05) is 0 Å². The summed E-state index contributed by atoms with van der Waals surface area (Å²) < 4.78 is 10.5. The van der Waals surface area contributed by atoms with Crippen molar-refractivity contribution < 1.29 is 19.4 Å². The number of aromatic amines is 2. The highest BCUT2D eigenvalue weighted by atomic mass is 16.5. The first-order chi connectivity index (χ1) is 11.9. The minimum absolute atomic E-state index is 0.0319. The molecule has 2 aromatic rings. The summed E-state index contributed by atoms with van der Waals surface area (Å²) in [6.07, 6.45) is -0.954. The van der Waals surface area contributed by atoms with Crippen molar-refractivity contribution in [1.29, 1.82) is 0 Å². The smallest absolute Gasteiger partial charge is 0.326 e. The van der Waals surface area contributed by atoms with Crippen LogP contribution in [0.15, 0.2) is 39.9 Å². The molecule has 0 saturated heterocycles. The maximum atomic E-state index is 12.2. The van der Waals surface area contributed by atoms with Gasteiger partial charge in [0.1, 0.15) is 29.9 Å². The largest absolute Gasteiger partial charge is 0.497 e. The van der Waals surface area contributed by atoms with E-state index < -0.39 is 23.3 Å². The van der Waals surface area contributed by atoms with Crippen LogP contribution in [0.2, 0.25) is 0 Å². The van der Waals surface area contributed by atoms with Gasteiger partial charge < -0.3 is 24.5 Å². The quantitative estimate of drug-likeness (QED) is 0.624. The minimum Gasteiger partial charge on any atom is -0.497 e. The lowest BCUT2D eigenvalue weighted by atomic mass is 10.3. The van der Waals surface area contributed by atoms with Crippen molar-refractivity contribution in [1.82, 2.24) is 14.9 Å². The topological polar surface area (TPSA) is 125 Å². The third-order valence-electron chi connectivity index (χ3n) is 3.32. The molecule has 2 rings (SSSR count). The number of aliphatic hydroxyl groups is 1. The van der Waals surface area contributed by atoms with Gasteiger partial charge >= 0.3 is 5.69 Å². The van der Waals surface area contributed by atoms with Gasteiger partial charge in [-0.25, -0.2) is 4.79 Å². The predicted molar refractivity (Wildman–Crippen MR) is 89.1 cm³/mol. The zero-order valence-electron chi connectivity index (χ0n) is 13.8. The van der Waals surface area contributed by atoms with Gasteiger partial charge in [0.05, 0.1) is 7.11 Å². The number of hydrogen-bond acceptors (Lipinski definition) is 6. The van der Waals surface area contributed by atoms with Crippen LogP contribution in [-0.2, 0) is 0 Å². The summed E-state index contributed by atoms with van der Waals surface area (Å²) in [5.74, 6) is 0.643. The fourth-order valence-electron chi connectivity index (χ4n) is 2.11. The molecular formula is C16H19N3O6. The van der Waals surface area contributed by atoms with E-state index in [1.54, 1.807) is 31.4 Å². The lowest BCUT2D eigenvalue weighted by Gasteiger charge is -2.21. The van der Waals surface area contributed by atoms with Crippen LogP contribution in [-0.4, -0.2) is 59.3 Å². The Bertz CT molecular complexity index is 799. The molecule has 0 unspecified atom stereocenters. The first kappa shape index (κ1) is 18.3. The summed E-state index contributed by atoms with van der Waals surface area (Å²) in [5, 5.41) is 10.0. The molecule has 25 heavy (non-hydrogen) atoms. The number of H-pyrrole nitrogens is 2. The molecule has 0 saturated carbocycles. The number of benzene rings is 1. The number of aliphatic hydroxyl groups excluding tert-OH is 1. The van der Waals surface area contributed by atoms with Crippen molar-refractivity contribution in [3.05, 3.63) is 56.9 Å². The fourth-order valence-corrected chi connectivity index (χ4v) is 2.11. The Morgan fingerprint density at radius 1 is 1.20 bits per heavy atom.